The van der Waals surface area contributed by atoms with E-state index in [9.17, 15) is 5.11 Å². The molecule has 0 aliphatic carbocycles. The molecular weight excluding hydrogens is 284 g/mol. The quantitative estimate of drug-likeness (QED) is 0.843. The Labute approximate surface area is 130 Å². The van der Waals surface area contributed by atoms with Gasteiger partial charge in [0.1, 0.15) is 24.4 Å². The van der Waals surface area contributed by atoms with E-state index in [-0.39, 0.29) is 6.10 Å². The maximum atomic E-state index is 10.1. The largest absolute Gasteiger partial charge is 0.386 e. The van der Waals surface area contributed by atoms with E-state index >= 15 is 0 Å². The number of ether oxygens (including phenoxy) is 4. The number of rotatable bonds is 5. The fraction of sp³-hybridized carbons (Fsp3) is 0.529. The van der Waals surface area contributed by atoms with E-state index < -0.39 is 30.4 Å². The monoisotopic (exact) mass is 306 g/mol. The summed E-state index contributed by atoms with van der Waals surface area (Å²) in [5, 5.41) is 10.1. The molecule has 0 spiro atoms. The average molecular weight is 306 g/mol. The first-order valence-corrected chi connectivity index (χ1v) is 7.47. The minimum Gasteiger partial charge on any atom is -0.386 e. The predicted molar refractivity (Wildman–Crippen MR) is 79.9 cm³/mol. The summed E-state index contributed by atoms with van der Waals surface area (Å²) in [6, 6.07) is 9.85. The van der Waals surface area contributed by atoms with E-state index in [1.54, 1.807) is 0 Å². The molecule has 3 rings (SSSR count). The zero-order chi connectivity index (χ0) is 15.7. The van der Waals surface area contributed by atoms with Gasteiger partial charge in [-0.2, -0.15) is 0 Å². The molecule has 0 amide bonds. The van der Waals surface area contributed by atoms with Crippen LogP contribution in [-0.2, 0) is 25.6 Å². The smallest absolute Gasteiger partial charge is 0.190 e. The van der Waals surface area contributed by atoms with Gasteiger partial charge in [-0.1, -0.05) is 36.4 Å². The molecular formula is C17H22O5. The van der Waals surface area contributed by atoms with Gasteiger partial charge in [0.25, 0.3) is 0 Å². The number of fused-ring (bicyclic) bond motifs is 1. The van der Waals surface area contributed by atoms with Gasteiger partial charge in [0.05, 0.1) is 6.61 Å². The Bertz CT molecular complexity index is 515. The maximum absolute atomic E-state index is 10.1. The van der Waals surface area contributed by atoms with Gasteiger partial charge >= 0.3 is 0 Å². The van der Waals surface area contributed by atoms with E-state index in [4.69, 9.17) is 18.9 Å². The molecule has 1 unspecified atom stereocenters. The summed E-state index contributed by atoms with van der Waals surface area (Å²) < 4.78 is 23.4. The highest BCUT2D eigenvalue weighted by atomic mass is 16.8. The van der Waals surface area contributed by atoms with Crippen LogP contribution in [0.1, 0.15) is 19.4 Å². The van der Waals surface area contributed by atoms with Crippen molar-refractivity contribution in [3.63, 3.8) is 0 Å². The third-order valence-corrected chi connectivity index (χ3v) is 3.89. The van der Waals surface area contributed by atoms with Gasteiger partial charge < -0.3 is 24.1 Å². The highest BCUT2D eigenvalue weighted by Crippen LogP contribution is 2.40. The van der Waals surface area contributed by atoms with Crippen molar-refractivity contribution in [2.75, 3.05) is 0 Å². The van der Waals surface area contributed by atoms with Crippen molar-refractivity contribution < 1.29 is 24.1 Å². The highest BCUT2D eigenvalue weighted by Gasteiger charge is 2.56. The van der Waals surface area contributed by atoms with Crippen molar-refractivity contribution in [3.8, 4) is 0 Å². The van der Waals surface area contributed by atoms with Crippen molar-refractivity contribution in [1.82, 2.24) is 0 Å². The van der Waals surface area contributed by atoms with E-state index in [2.05, 4.69) is 6.58 Å². The summed E-state index contributed by atoms with van der Waals surface area (Å²) in [5.41, 5.74) is 1.05. The Balaban J connectivity index is 1.73. The maximum Gasteiger partial charge on any atom is 0.190 e. The lowest BCUT2D eigenvalue weighted by Gasteiger charge is -2.27. The van der Waals surface area contributed by atoms with Gasteiger partial charge in [-0.15, -0.1) is 6.58 Å². The lowest BCUT2D eigenvalue weighted by Crippen LogP contribution is -2.41. The van der Waals surface area contributed by atoms with E-state index in [0.717, 1.165) is 5.56 Å². The first-order chi connectivity index (χ1) is 10.5. The molecule has 120 valence electrons. The van der Waals surface area contributed by atoms with Crippen LogP contribution >= 0.6 is 0 Å². The normalized spacial score (nSPS) is 34.3. The molecule has 2 saturated heterocycles. The van der Waals surface area contributed by atoms with Crippen LogP contribution in [0.3, 0.4) is 0 Å². The summed E-state index contributed by atoms with van der Waals surface area (Å²) in [7, 11) is 0. The summed E-state index contributed by atoms with van der Waals surface area (Å²) in [6.07, 6.45) is -1.25. The van der Waals surface area contributed by atoms with Crippen LogP contribution in [0.5, 0.6) is 0 Å². The zero-order valence-corrected chi connectivity index (χ0v) is 12.8. The molecule has 2 aliphatic heterocycles. The molecule has 5 nitrogen and oxygen atoms in total. The highest BCUT2D eigenvalue weighted by molar-refractivity contribution is 5.13. The van der Waals surface area contributed by atoms with Gasteiger partial charge in [-0.3, -0.25) is 0 Å². The van der Waals surface area contributed by atoms with Crippen LogP contribution in [-0.4, -0.2) is 41.6 Å². The van der Waals surface area contributed by atoms with E-state index in [1.165, 1.54) is 6.08 Å². The van der Waals surface area contributed by atoms with E-state index in [1.807, 2.05) is 44.2 Å². The summed E-state index contributed by atoms with van der Waals surface area (Å²) in [5.74, 6) is -0.714. The molecule has 2 heterocycles. The number of hydrogen-bond acceptors (Lipinski definition) is 5. The molecule has 2 aliphatic rings. The topological polar surface area (TPSA) is 57.2 Å². The third kappa shape index (κ3) is 3.09. The Kier molecular flexibility index (Phi) is 4.34. The minimum absolute atomic E-state index is 0.363. The Morgan fingerprint density at radius 1 is 1.32 bits per heavy atom. The third-order valence-electron chi connectivity index (χ3n) is 3.89. The van der Waals surface area contributed by atoms with Crippen LogP contribution in [0.25, 0.3) is 0 Å². The van der Waals surface area contributed by atoms with Crippen LogP contribution in [0, 0.1) is 0 Å². The number of benzene rings is 1. The Morgan fingerprint density at radius 2 is 2.05 bits per heavy atom. The Morgan fingerprint density at radius 3 is 2.73 bits per heavy atom. The lowest BCUT2D eigenvalue weighted by molar-refractivity contribution is -0.227. The number of aliphatic hydroxyl groups is 1. The molecule has 22 heavy (non-hydrogen) atoms. The van der Waals surface area contributed by atoms with Gasteiger partial charge in [0.2, 0.25) is 0 Å². The molecule has 0 bridgehead atoms. The second-order valence-corrected chi connectivity index (χ2v) is 6.06. The fourth-order valence-corrected chi connectivity index (χ4v) is 2.87. The van der Waals surface area contributed by atoms with Crippen LogP contribution in [0.2, 0.25) is 0 Å². The standard InChI is InChI=1S/C17H22O5/c1-4-12(18)13-14(19-10-11-8-6-5-7-9-11)15-16(20-13)22-17(2,3)21-15/h4-9,12-16,18H,1,10H2,2-3H3/t12?,13-,14+,15-,16-/m1/s1. The van der Waals surface area contributed by atoms with Crippen molar-refractivity contribution in [2.24, 2.45) is 0 Å². The number of hydrogen-bond donors (Lipinski definition) is 1. The second-order valence-electron chi connectivity index (χ2n) is 6.06. The summed E-state index contributed by atoms with van der Waals surface area (Å²) >= 11 is 0. The molecule has 0 aromatic heterocycles. The van der Waals surface area contributed by atoms with Gasteiger partial charge in [-0.25, -0.2) is 0 Å². The molecule has 0 saturated carbocycles. The molecule has 1 N–H and O–H groups in total. The molecule has 1 aromatic carbocycles. The summed E-state index contributed by atoms with van der Waals surface area (Å²) in [4.78, 5) is 0. The zero-order valence-electron chi connectivity index (χ0n) is 12.8. The molecule has 5 heteroatoms. The van der Waals surface area contributed by atoms with Crippen LogP contribution in [0.15, 0.2) is 43.0 Å². The molecule has 0 radical (unpaired) electrons. The minimum atomic E-state index is -0.832. The average Bonchev–Trinajstić information content (AvgIpc) is 2.97. The van der Waals surface area contributed by atoms with Crippen molar-refractivity contribution in [2.45, 2.75) is 56.9 Å². The summed E-state index contributed by atoms with van der Waals surface area (Å²) in [6.45, 7) is 7.70. The predicted octanol–water partition coefficient (Wildman–Crippen LogP) is 2.00. The fourth-order valence-electron chi connectivity index (χ4n) is 2.87. The first-order valence-electron chi connectivity index (χ1n) is 7.47. The lowest BCUT2D eigenvalue weighted by atomic mass is 10.1. The Hall–Kier alpha value is -1.24. The second kappa shape index (κ2) is 6.10. The van der Waals surface area contributed by atoms with Crippen LogP contribution in [0.4, 0.5) is 0 Å². The molecule has 1 aromatic rings. The van der Waals surface area contributed by atoms with Gasteiger partial charge in [0, 0.05) is 0 Å². The molecule has 2 fully saturated rings. The molecule has 5 atom stereocenters. The van der Waals surface area contributed by atoms with Crippen LogP contribution < -0.4 is 0 Å². The van der Waals surface area contributed by atoms with Gasteiger partial charge in [-0.05, 0) is 19.4 Å². The van der Waals surface area contributed by atoms with Crippen molar-refractivity contribution in [3.05, 3.63) is 48.6 Å². The van der Waals surface area contributed by atoms with Crippen molar-refractivity contribution in [1.29, 1.82) is 0 Å². The first kappa shape index (κ1) is 15.6. The van der Waals surface area contributed by atoms with Gasteiger partial charge in [0.15, 0.2) is 12.1 Å². The SMILES string of the molecule is C=CC(O)[C@H]1O[C@@H]2OC(C)(C)O[C@@H]2[C@H]1OCc1ccccc1. The van der Waals surface area contributed by atoms with E-state index in [0.29, 0.717) is 6.61 Å². The van der Waals surface area contributed by atoms with Crippen molar-refractivity contribution >= 4 is 0 Å². The number of aliphatic hydroxyl groups excluding tert-OH is 1.